The molecule has 3 N–H and O–H groups in total. The Morgan fingerprint density at radius 2 is 2.32 bits per heavy atom. The van der Waals surface area contributed by atoms with Gasteiger partial charge in [-0.25, -0.2) is 4.39 Å². The number of rotatable bonds is 4. The van der Waals surface area contributed by atoms with Gasteiger partial charge in [0.15, 0.2) is 0 Å². The monoisotopic (exact) mass is 266 g/mol. The molecular weight excluding hydrogens is 247 g/mol. The van der Waals surface area contributed by atoms with Crippen LogP contribution < -0.4 is 15.8 Å². The van der Waals surface area contributed by atoms with Crippen molar-refractivity contribution in [1.29, 1.82) is 0 Å². The minimum Gasteiger partial charge on any atom is -0.494 e. The van der Waals surface area contributed by atoms with Crippen LogP contribution in [0, 0.1) is 17.7 Å². The molecular formula is C14H19FN2O2. The number of methoxy groups -OCH3 is 1. The summed E-state index contributed by atoms with van der Waals surface area (Å²) in [6.07, 6.45) is 2.88. The standard InChI is InChI=1S/C14H19FN2O2/c1-19-13-7-10(15)5-6-12(13)17-14(18)11-4-2-3-9(11)8-16/h5-7,9,11H,2-4,8,16H2,1H3,(H,17,18). The van der Waals surface area contributed by atoms with Gasteiger partial charge in [-0.15, -0.1) is 0 Å². The van der Waals surface area contributed by atoms with E-state index in [1.807, 2.05) is 0 Å². The summed E-state index contributed by atoms with van der Waals surface area (Å²) >= 11 is 0. The Labute approximate surface area is 112 Å². The van der Waals surface area contributed by atoms with E-state index < -0.39 is 5.82 Å². The SMILES string of the molecule is COc1cc(F)ccc1NC(=O)C1CCCC1CN. The van der Waals surface area contributed by atoms with Crippen LogP contribution in [0.15, 0.2) is 18.2 Å². The molecule has 19 heavy (non-hydrogen) atoms. The fourth-order valence-corrected chi connectivity index (χ4v) is 2.66. The number of hydrogen-bond acceptors (Lipinski definition) is 3. The number of carbonyl (C=O) groups excluding carboxylic acids is 1. The second kappa shape index (κ2) is 6.02. The topological polar surface area (TPSA) is 64.3 Å². The van der Waals surface area contributed by atoms with Crippen LogP contribution in [0.1, 0.15) is 19.3 Å². The third-order valence-corrected chi connectivity index (χ3v) is 3.72. The van der Waals surface area contributed by atoms with Crippen LogP contribution in [0.3, 0.4) is 0 Å². The van der Waals surface area contributed by atoms with Crippen LogP contribution >= 0.6 is 0 Å². The first-order valence-electron chi connectivity index (χ1n) is 6.50. The Morgan fingerprint density at radius 1 is 1.53 bits per heavy atom. The molecule has 0 heterocycles. The largest absolute Gasteiger partial charge is 0.494 e. The van der Waals surface area contributed by atoms with Crippen molar-refractivity contribution in [2.24, 2.45) is 17.6 Å². The summed E-state index contributed by atoms with van der Waals surface area (Å²) < 4.78 is 18.1. The molecule has 1 aromatic carbocycles. The molecule has 0 spiro atoms. The van der Waals surface area contributed by atoms with E-state index in [2.05, 4.69) is 5.32 Å². The minimum absolute atomic E-state index is 0.0558. The van der Waals surface area contributed by atoms with Gasteiger partial charge in [-0.3, -0.25) is 4.79 Å². The number of nitrogens with one attached hydrogen (secondary N) is 1. The van der Waals surface area contributed by atoms with E-state index in [1.165, 1.54) is 25.3 Å². The van der Waals surface area contributed by atoms with Gasteiger partial charge >= 0.3 is 0 Å². The van der Waals surface area contributed by atoms with Crippen LogP contribution in [-0.4, -0.2) is 19.6 Å². The second-order valence-corrected chi connectivity index (χ2v) is 4.87. The number of ether oxygens (including phenoxy) is 1. The van der Waals surface area contributed by atoms with E-state index in [9.17, 15) is 9.18 Å². The lowest BCUT2D eigenvalue weighted by Gasteiger charge is -2.18. The molecule has 2 unspecified atom stereocenters. The van der Waals surface area contributed by atoms with Crippen LogP contribution in [0.25, 0.3) is 0 Å². The second-order valence-electron chi connectivity index (χ2n) is 4.87. The quantitative estimate of drug-likeness (QED) is 0.877. The first-order chi connectivity index (χ1) is 9.15. The average Bonchev–Trinajstić information content (AvgIpc) is 2.89. The highest BCUT2D eigenvalue weighted by Gasteiger charge is 2.32. The van der Waals surface area contributed by atoms with Crippen molar-refractivity contribution in [2.45, 2.75) is 19.3 Å². The first kappa shape index (κ1) is 13.8. The van der Waals surface area contributed by atoms with Gasteiger partial charge in [0.05, 0.1) is 12.8 Å². The third-order valence-electron chi connectivity index (χ3n) is 3.72. The Balaban J connectivity index is 2.10. The highest BCUT2D eigenvalue weighted by molar-refractivity contribution is 5.94. The lowest BCUT2D eigenvalue weighted by molar-refractivity contribution is -0.120. The zero-order valence-electron chi connectivity index (χ0n) is 11.0. The van der Waals surface area contributed by atoms with E-state index in [4.69, 9.17) is 10.5 Å². The summed E-state index contributed by atoms with van der Waals surface area (Å²) in [4.78, 5) is 12.2. The van der Waals surface area contributed by atoms with Gasteiger partial charge in [-0.1, -0.05) is 6.42 Å². The zero-order valence-corrected chi connectivity index (χ0v) is 11.0. The van der Waals surface area contributed by atoms with Crippen LogP contribution in [0.2, 0.25) is 0 Å². The molecule has 0 radical (unpaired) electrons. The van der Waals surface area contributed by atoms with Crippen LogP contribution in [-0.2, 0) is 4.79 Å². The summed E-state index contributed by atoms with van der Waals surface area (Å²) in [6, 6.07) is 4.07. The molecule has 5 heteroatoms. The molecule has 0 aromatic heterocycles. The number of carbonyl (C=O) groups is 1. The van der Waals surface area contributed by atoms with Crippen molar-refractivity contribution in [3.8, 4) is 5.75 Å². The summed E-state index contributed by atoms with van der Waals surface area (Å²) in [5, 5.41) is 2.81. The number of nitrogens with two attached hydrogens (primary N) is 1. The van der Waals surface area contributed by atoms with Crippen molar-refractivity contribution in [3.05, 3.63) is 24.0 Å². The van der Waals surface area contributed by atoms with E-state index >= 15 is 0 Å². The molecule has 1 aromatic rings. The van der Waals surface area contributed by atoms with Gasteiger partial charge in [0.2, 0.25) is 5.91 Å². The summed E-state index contributed by atoms with van der Waals surface area (Å²) in [7, 11) is 1.45. The molecule has 0 aliphatic heterocycles. The number of benzene rings is 1. The van der Waals surface area contributed by atoms with E-state index in [-0.39, 0.29) is 17.7 Å². The Bertz CT molecular complexity index is 465. The van der Waals surface area contributed by atoms with Crippen molar-refractivity contribution in [1.82, 2.24) is 0 Å². The number of hydrogen-bond donors (Lipinski definition) is 2. The molecule has 1 saturated carbocycles. The molecule has 1 aliphatic rings. The van der Waals surface area contributed by atoms with Crippen LogP contribution in [0.5, 0.6) is 5.75 Å². The average molecular weight is 266 g/mol. The number of anilines is 1. The molecule has 1 amide bonds. The number of halogens is 1. The first-order valence-corrected chi connectivity index (χ1v) is 6.50. The van der Waals surface area contributed by atoms with Crippen LogP contribution in [0.4, 0.5) is 10.1 Å². The highest BCUT2D eigenvalue weighted by atomic mass is 19.1. The minimum atomic E-state index is -0.393. The number of amides is 1. The fraction of sp³-hybridized carbons (Fsp3) is 0.500. The van der Waals surface area contributed by atoms with Gasteiger partial charge in [0.25, 0.3) is 0 Å². The fourth-order valence-electron chi connectivity index (χ4n) is 2.66. The Kier molecular flexibility index (Phi) is 4.37. The molecule has 2 rings (SSSR count). The molecule has 104 valence electrons. The molecule has 0 saturated heterocycles. The maximum atomic E-state index is 13.1. The van der Waals surface area contributed by atoms with Gasteiger partial charge in [0.1, 0.15) is 11.6 Å². The van der Waals surface area contributed by atoms with E-state index in [0.29, 0.717) is 18.0 Å². The summed E-state index contributed by atoms with van der Waals surface area (Å²) in [5.74, 6) is 0.0651. The summed E-state index contributed by atoms with van der Waals surface area (Å²) in [5.41, 5.74) is 6.17. The predicted molar refractivity (Wildman–Crippen MR) is 71.5 cm³/mol. The third kappa shape index (κ3) is 3.04. The lowest BCUT2D eigenvalue weighted by atomic mass is 9.95. The Morgan fingerprint density at radius 3 is 3.00 bits per heavy atom. The Hall–Kier alpha value is -1.62. The maximum Gasteiger partial charge on any atom is 0.227 e. The summed E-state index contributed by atoms with van der Waals surface area (Å²) in [6.45, 7) is 0.526. The van der Waals surface area contributed by atoms with Crippen molar-refractivity contribution >= 4 is 11.6 Å². The van der Waals surface area contributed by atoms with Gasteiger partial charge in [0, 0.05) is 12.0 Å². The molecule has 1 fully saturated rings. The van der Waals surface area contributed by atoms with Crippen molar-refractivity contribution < 1.29 is 13.9 Å². The molecule has 1 aliphatic carbocycles. The smallest absolute Gasteiger partial charge is 0.227 e. The predicted octanol–water partition coefficient (Wildman–Crippen LogP) is 2.15. The zero-order chi connectivity index (χ0) is 13.8. The van der Waals surface area contributed by atoms with Crippen molar-refractivity contribution in [3.63, 3.8) is 0 Å². The van der Waals surface area contributed by atoms with Crippen molar-refractivity contribution in [2.75, 3.05) is 19.0 Å². The van der Waals surface area contributed by atoms with E-state index in [1.54, 1.807) is 0 Å². The highest BCUT2D eigenvalue weighted by Crippen LogP contribution is 2.33. The molecule has 2 atom stereocenters. The normalized spacial score (nSPS) is 22.3. The lowest BCUT2D eigenvalue weighted by Crippen LogP contribution is -2.29. The van der Waals surface area contributed by atoms with Gasteiger partial charge in [-0.05, 0) is 37.4 Å². The maximum absolute atomic E-state index is 13.1. The van der Waals surface area contributed by atoms with Gasteiger partial charge < -0.3 is 15.8 Å². The molecule has 4 nitrogen and oxygen atoms in total. The van der Waals surface area contributed by atoms with E-state index in [0.717, 1.165) is 19.3 Å². The molecule has 0 bridgehead atoms. The van der Waals surface area contributed by atoms with Gasteiger partial charge in [-0.2, -0.15) is 0 Å².